The quantitative estimate of drug-likeness (QED) is 0.807. The number of carboxylic acids is 1. The highest BCUT2D eigenvalue weighted by molar-refractivity contribution is 6.29. The highest BCUT2D eigenvalue weighted by Crippen LogP contribution is 2.24. The SMILES string of the molecule is CCc1ccccc1N/C=C1/C(=O)N(c2ccc(C(=O)O)cc2)N=C1C. The van der Waals surface area contributed by atoms with Crippen LogP contribution in [0.4, 0.5) is 11.4 Å². The van der Waals surface area contributed by atoms with E-state index < -0.39 is 5.97 Å². The Bertz CT molecular complexity index is 914. The smallest absolute Gasteiger partial charge is 0.335 e. The van der Waals surface area contributed by atoms with Gasteiger partial charge >= 0.3 is 5.97 Å². The number of aryl methyl sites for hydroxylation is 1. The summed E-state index contributed by atoms with van der Waals surface area (Å²) in [5.74, 6) is -1.27. The van der Waals surface area contributed by atoms with Crippen LogP contribution in [-0.2, 0) is 11.2 Å². The van der Waals surface area contributed by atoms with Crippen molar-refractivity contribution in [3.05, 3.63) is 71.4 Å². The molecule has 1 heterocycles. The molecule has 26 heavy (non-hydrogen) atoms. The lowest BCUT2D eigenvalue weighted by Crippen LogP contribution is -2.21. The second kappa shape index (κ2) is 7.23. The fraction of sp³-hybridized carbons (Fsp3) is 0.150. The Hall–Kier alpha value is -3.41. The lowest BCUT2D eigenvalue weighted by atomic mass is 10.1. The van der Waals surface area contributed by atoms with Gasteiger partial charge in [-0.3, -0.25) is 4.79 Å². The predicted molar refractivity (Wildman–Crippen MR) is 102 cm³/mol. The number of carbonyl (C=O) groups excluding carboxylic acids is 1. The minimum Gasteiger partial charge on any atom is -0.478 e. The molecule has 1 amide bonds. The van der Waals surface area contributed by atoms with Crippen molar-refractivity contribution in [2.24, 2.45) is 5.10 Å². The number of amides is 1. The van der Waals surface area contributed by atoms with Crippen molar-refractivity contribution in [1.29, 1.82) is 0 Å². The van der Waals surface area contributed by atoms with E-state index in [1.54, 1.807) is 25.3 Å². The number of rotatable bonds is 5. The molecule has 6 nitrogen and oxygen atoms in total. The number of anilines is 2. The zero-order chi connectivity index (χ0) is 18.7. The maximum Gasteiger partial charge on any atom is 0.335 e. The Balaban J connectivity index is 1.82. The van der Waals surface area contributed by atoms with Gasteiger partial charge in [-0.05, 0) is 49.2 Å². The van der Waals surface area contributed by atoms with E-state index in [-0.39, 0.29) is 11.5 Å². The molecule has 0 aliphatic carbocycles. The van der Waals surface area contributed by atoms with Crippen molar-refractivity contribution < 1.29 is 14.7 Å². The molecule has 2 N–H and O–H groups in total. The van der Waals surface area contributed by atoms with Gasteiger partial charge in [0.05, 0.1) is 22.5 Å². The predicted octanol–water partition coefficient (Wildman–Crippen LogP) is 3.67. The molecule has 0 radical (unpaired) electrons. The largest absolute Gasteiger partial charge is 0.478 e. The minimum absolute atomic E-state index is 0.162. The molecule has 132 valence electrons. The third-order valence-electron chi connectivity index (χ3n) is 4.19. The van der Waals surface area contributed by atoms with Crippen LogP contribution in [0.3, 0.4) is 0 Å². The lowest BCUT2D eigenvalue weighted by Gasteiger charge is -2.12. The average molecular weight is 349 g/mol. The number of nitrogens with one attached hydrogen (secondary N) is 1. The Morgan fingerprint density at radius 3 is 2.54 bits per heavy atom. The van der Waals surface area contributed by atoms with E-state index in [1.807, 2.05) is 24.3 Å². The van der Waals surface area contributed by atoms with Crippen LogP contribution in [0.1, 0.15) is 29.8 Å². The van der Waals surface area contributed by atoms with Crippen molar-refractivity contribution in [2.75, 3.05) is 10.3 Å². The summed E-state index contributed by atoms with van der Waals surface area (Å²) < 4.78 is 0. The number of aromatic carboxylic acids is 1. The zero-order valence-corrected chi connectivity index (χ0v) is 14.6. The summed E-state index contributed by atoms with van der Waals surface area (Å²) in [4.78, 5) is 23.6. The lowest BCUT2D eigenvalue weighted by molar-refractivity contribution is -0.114. The van der Waals surface area contributed by atoms with Gasteiger partial charge in [0.15, 0.2) is 0 Å². The summed E-state index contributed by atoms with van der Waals surface area (Å²) in [6.45, 7) is 3.84. The Labute approximate surface area is 151 Å². The summed E-state index contributed by atoms with van der Waals surface area (Å²) in [5.41, 5.74) is 3.86. The number of carbonyl (C=O) groups is 2. The second-order valence-electron chi connectivity index (χ2n) is 5.87. The van der Waals surface area contributed by atoms with Gasteiger partial charge in [-0.2, -0.15) is 10.1 Å². The van der Waals surface area contributed by atoms with Crippen LogP contribution < -0.4 is 10.3 Å². The van der Waals surface area contributed by atoms with Crippen molar-refractivity contribution >= 4 is 29.0 Å². The van der Waals surface area contributed by atoms with E-state index in [2.05, 4.69) is 17.3 Å². The first-order valence-electron chi connectivity index (χ1n) is 8.29. The first kappa shape index (κ1) is 17.4. The molecule has 0 unspecified atom stereocenters. The molecule has 1 aliphatic rings. The molecular weight excluding hydrogens is 330 g/mol. The van der Waals surface area contributed by atoms with Crippen molar-refractivity contribution in [3.8, 4) is 0 Å². The number of nitrogens with zero attached hydrogens (tertiary/aromatic N) is 2. The molecule has 6 heteroatoms. The third-order valence-corrected chi connectivity index (χ3v) is 4.19. The van der Waals surface area contributed by atoms with Gasteiger partial charge in [-0.25, -0.2) is 4.79 Å². The van der Waals surface area contributed by atoms with Gasteiger partial charge in [0.1, 0.15) is 0 Å². The number of carboxylic acid groups (broad SMARTS) is 1. The van der Waals surface area contributed by atoms with E-state index in [9.17, 15) is 9.59 Å². The van der Waals surface area contributed by atoms with Crippen LogP contribution in [0.25, 0.3) is 0 Å². The molecule has 0 saturated heterocycles. The zero-order valence-electron chi connectivity index (χ0n) is 14.6. The molecule has 0 aromatic heterocycles. The standard InChI is InChI=1S/C20H19N3O3/c1-3-14-6-4-5-7-18(14)21-12-17-13(2)22-23(19(17)24)16-10-8-15(9-11-16)20(25)26/h4-12,21H,3H2,1-2H3,(H,25,26)/b17-12+. The monoisotopic (exact) mass is 349 g/mol. The Morgan fingerprint density at radius 2 is 1.88 bits per heavy atom. The van der Waals surface area contributed by atoms with E-state index in [0.29, 0.717) is 17.0 Å². The third kappa shape index (κ3) is 3.35. The van der Waals surface area contributed by atoms with Gasteiger partial charge in [-0.15, -0.1) is 0 Å². The van der Waals surface area contributed by atoms with Gasteiger partial charge < -0.3 is 10.4 Å². The Morgan fingerprint density at radius 1 is 1.19 bits per heavy atom. The van der Waals surface area contributed by atoms with Gasteiger partial charge in [0.2, 0.25) is 0 Å². The number of benzene rings is 2. The normalized spacial score (nSPS) is 15.3. The minimum atomic E-state index is -1.01. The topological polar surface area (TPSA) is 82.0 Å². The van der Waals surface area contributed by atoms with Gasteiger partial charge in [0, 0.05) is 11.9 Å². The molecule has 0 fully saturated rings. The molecule has 0 atom stereocenters. The van der Waals surface area contributed by atoms with Crippen molar-refractivity contribution in [1.82, 2.24) is 0 Å². The summed E-state index contributed by atoms with van der Waals surface area (Å²) >= 11 is 0. The summed E-state index contributed by atoms with van der Waals surface area (Å²) in [6, 6.07) is 14.0. The first-order valence-corrected chi connectivity index (χ1v) is 8.29. The molecular formula is C20H19N3O3. The number of para-hydroxylation sites is 1. The fourth-order valence-electron chi connectivity index (χ4n) is 2.72. The fourth-order valence-corrected chi connectivity index (χ4v) is 2.72. The van der Waals surface area contributed by atoms with Gasteiger partial charge in [0.25, 0.3) is 5.91 Å². The van der Waals surface area contributed by atoms with Crippen LogP contribution in [0, 0.1) is 0 Å². The van der Waals surface area contributed by atoms with E-state index >= 15 is 0 Å². The molecule has 2 aromatic rings. The van der Waals surface area contributed by atoms with Crippen LogP contribution in [-0.4, -0.2) is 22.7 Å². The van der Waals surface area contributed by atoms with Crippen LogP contribution >= 0.6 is 0 Å². The number of hydrazone groups is 1. The molecule has 0 saturated carbocycles. The molecule has 3 rings (SSSR count). The molecule has 0 bridgehead atoms. The molecule has 0 spiro atoms. The number of hydrogen-bond acceptors (Lipinski definition) is 4. The highest BCUT2D eigenvalue weighted by atomic mass is 16.4. The summed E-state index contributed by atoms with van der Waals surface area (Å²) in [6.07, 6.45) is 2.55. The first-order chi connectivity index (χ1) is 12.5. The van der Waals surface area contributed by atoms with E-state index in [0.717, 1.165) is 17.7 Å². The van der Waals surface area contributed by atoms with Crippen LogP contribution in [0.5, 0.6) is 0 Å². The van der Waals surface area contributed by atoms with E-state index in [4.69, 9.17) is 5.11 Å². The summed E-state index contributed by atoms with van der Waals surface area (Å²) in [7, 11) is 0. The van der Waals surface area contributed by atoms with Crippen molar-refractivity contribution in [2.45, 2.75) is 20.3 Å². The van der Waals surface area contributed by atoms with Crippen LogP contribution in [0.15, 0.2) is 65.4 Å². The number of hydrogen-bond donors (Lipinski definition) is 2. The highest BCUT2D eigenvalue weighted by Gasteiger charge is 2.28. The van der Waals surface area contributed by atoms with E-state index in [1.165, 1.54) is 17.1 Å². The summed E-state index contributed by atoms with van der Waals surface area (Å²) in [5, 5.41) is 17.7. The maximum absolute atomic E-state index is 12.7. The second-order valence-corrected chi connectivity index (χ2v) is 5.87. The Kier molecular flexibility index (Phi) is 4.84. The maximum atomic E-state index is 12.7. The van der Waals surface area contributed by atoms with Gasteiger partial charge in [-0.1, -0.05) is 25.1 Å². The molecule has 1 aliphatic heterocycles. The van der Waals surface area contributed by atoms with Crippen molar-refractivity contribution in [3.63, 3.8) is 0 Å². The average Bonchev–Trinajstić information content (AvgIpc) is 2.94. The van der Waals surface area contributed by atoms with Crippen LogP contribution in [0.2, 0.25) is 0 Å². The molecule has 2 aromatic carbocycles.